The van der Waals surface area contributed by atoms with Crippen LogP contribution in [0.25, 0.3) is 0 Å². The fraction of sp³-hybridized carbons (Fsp3) is 0.417. The van der Waals surface area contributed by atoms with Crippen molar-refractivity contribution in [3.63, 3.8) is 0 Å². The van der Waals surface area contributed by atoms with Gasteiger partial charge in [0, 0.05) is 16.7 Å². The maximum absolute atomic E-state index is 10.8. The van der Waals surface area contributed by atoms with Crippen molar-refractivity contribution in [3.8, 4) is 17.6 Å². The molecule has 1 atom stereocenters. The van der Waals surface area contributed by atoms with Crippen LogP contribution in [0.4, 0.5) is 0 Å². The number of benzene rings is 2. The molecule has 0 bridgehead atoms. The number of aliphatic hydroxyl groups is 1. The van der Waals surface area contributed by atoms with Crippen molar-refractivity contribution in [2.75, 3.05) is 7.11 Å². The quantitative estimate of drug-likeness (QED) is 0.737. The molecule has 0 aliphatic carbocycles. The van der Waals surface area contributed by atoms with E-state index in [9.17, 15) is 5.11 Å². The minimum Gasteiger partial charge on any atom is -0.496 e. The Morgan fingerprint density at radius 3 is 2.04 bits per heavy atom. The number of hydrogen-bond donors (Lipinski definition) is 1. The highest BCUT2D eigenvalue weighted by atomic mass is 16.5. The topological polar surface area (TPSA) is 29.5 Å². The molecule has 138 valence electrons. The van der Waals surface area contributed by atoms with Crippen LogP contribution in [0.15, 0.2) is 42.5 Å². The van der Waals surface area contributed by atoms with E-state index in [4.69, 9.17) is 4.74 Å². The van der Waals surface area contributed by atoms with Gasteiger partial charge in [-0.1, -0.05) is 77.6 Å². The summed E-state index contributed by atoms with van der Waals surface area (Å²) in [7, 11) is 1.65. The Balaban J connectivity index is 2.60. The van der Waals surface area contributed by atoms with E-state index in [0.29, 0.717) is 0 Å². The van der Waals surface area contributed by atoms with Crippen LogP contribution in [0.5, 0.6) is 5.75 Å². The van der Waals surface area contributed by atoms with Crippen molar-refractivity contribution in [1.82, 2.24) is 0 Å². The second-order valence-electron chi connectivity index (χ2n) is 8.68. The largest absolute Gasteiger partial charge is 0.496 e. The number of rotatable bonds is 2. The molecule has 0 aliphatic heterocycles. The van der Waals surface area contributed by atoms with Crippen molar-refractivity contribution >= 4 is 0 Å². The van der Waals surface area contributed by atoms with Crippen LogP contribution in [0.1, 0.15) is 69.9 Å². The number of hydrogen-bond acceptors (Lipinski definition) is 2. The molecule has 2 aromatic carbocycles. The summed E-state index contributed by atoms with van der Waals surface area (Å²) in [6.07, 6.45) is -0.909. The minimum absolute atomic E-state index is 0.0341. The Kier molecular flexibility index (Phi) is 5.84. The van der Waals surface area contributed by atoms with Crippen molar-refractivity contribution in [3.05, 3.63) is 64.7 Å². The van der Waals surface area contributed by atoms with Gasteiger partial charge in [-0.05, 0) is 34.6 Å². The zero-order valence-corrected chi connectivity index (χ0v) is 17.0. The number of methoxy groups -OCH3 is 1. The Morgan fingerprint density at radius 1 is 0.923 bits per heavy atom. The molecule has 0 aliphatic rings. The lowest BCUT2D eigenvalue weighted by atomic mass is 9.78. The van der Waals surface area contributed by atoms with Gasteiger partial charge in [-0.2, -0.15) is 0 Å². The highest BCUT2D eigenvalue weighted by Gasteiger charge is 2.27. The molecular weight excluding hydrogens is 320 g/mol. The Hall–Kier alpha value is -2.24. The molecule has 0 radical (unpaired) electrons. The standard InChI is InChI=1S/C24H30O2/c1-23(2,3)18-15-19(22(26-7)20(16-18)24(4,5)6)21(25)14-13-17-11-9-8-10-12-17/h8-12,15-16,21,25H,1-7H3. The van der Waals surface area contributed by atoms with Crippen molar-refractivity contribution in [2.45, 2.75) is 58.5 Å². The monoisotopic (exact) mass is 350 g/mol. The maximum atomic E-state index is 10.8. The van der Waals surface area contributed by atoms with Crippen LogP contribution in [0, 0.1) is 11.8 Å². The van der Waals surface area contributed by atoms with E-state index in [2.05, 4.69) is 59.4 Å². The van der Waals surface area contributed by atoms with E-state index >= 15 is 0 Å². The van der Waals surface area contributed by atoms with Gasteiger partial charge in [0.1, 0.15) is 11.9 Å². The molecule has 0 amide bonds. The first kappa shape index (κ1) is 20.1. The molecule has 0 saturated heterocycles. The molecule has 1 N–H and O–H groups in total. The van der Waals surface area contributed by atoms with Crippen LogP contribution in [0.3, 0.4) is 0 Å². The van der Waals surface area contributed by atoms with E-state index in [1.165, 1.54) is 5.56 Å². The molecule has 0 heterocycles. The van der Waals surface area contributed by atoms with Crippen molar-refractivity contribution in [1.29, 1.82) is 0 Å². The summed E-state index contributed by atoms with van der Waals surface area (Å²) in [6.45, 7) is 13.0. The van der Waals surface area contributed by atoms with Crippen molar-refractivity contribution in [2.24, 2.45) is 0 Å². The second kappa shape index (κ2) is 7.56. The number of ether oxygens (including phenoxy) is 1. The van der Waals surface area contributed by atoms with E-state index in [1.807, 2.05) is 36.4 Å². The van der Waals surface area contributed by atoms with Gasteiger partial charge in [-0.25, -0.2) is 0 Å². The van der Waals surface area contributed by atoms with Crippen LogP contribution in [-0.2, 0) is 10.8 Å². The first-order valence-corrected chi connectivity index (χ1v) is 9.01. The summed E-state index contributed by atoms with van der Waals surface area (Å²) in [5.41, 5.74) is 3.73. The molecule has 26 heavy (non-hydrogen) atoms. The van der Waals surface area contributed by atoms with Gasteiger partial charge in [0.05, 0.1) is 7.11 Å². The van der Waals surface area contributed by atoms with Gasteiger partial charge in [-0.3, -0.25) is 0 Å². The lowest BCUT2D eigenvalue weighted by Crippen LogP contribution is -2.19. The van der Waals surface area contributed by atoms with E-state index in [1.54, 1.807) is 7.11 Å². The second-order valence-corrected chi connectivity index (χ2v) is 8.68. The van der Waals surface area contributed by atoms with E-state index in [-0.39, 0.29) is 10.8 Å². The number of aliphatic hydroxyl groups excluding tert-OH is 1. The highest BCUT2D eigenvalue weighted by Crippen LogP contribution is 2.40. The summed E-state index contributed by atoms with van der Waals surface area (Å²) in [5.74, 6) is 6.75. The minimum atomic E-state index is -0.909. The van der Waals surface area contributed by atoms with Gasteiger partial charge >= 0.3 is 0 Å². The lowest BCUT2D eigenvalue weighted by molar-refractivity contribution is 0.231. The summed E-state index contributed by atoms with van der Waals surface area (Å²) in [5, 5.41) is 10.8. The maximum Gasteiger partial charge on any atom is 0.144 e. The fourth-order valence-corrected chi connectivity index (χ4v) is 2.82. The zero-order chi connectivity index (χ0) is 19.5. The Bertz CT molecular complexity index is 810. The van der Waals surface area contributed by atoms with Gasteiger partial charge in [0.2, 0.25) is 0 Å². The van der Waals surface area contributed by atoms with Crippen LogP contribution in [0.2, 0.25) is 0 Å². The predicted molar refractivity (Wildman–Crippen MR) is 109 cm³/mol. The third-order valence-corrected chi connectivity index (χ3v) is 4.42. The molecule has 2 nitrogen and oxygen atoms in total. The molecule has 0 fully saturated rings. The van der Waals surface area contributed by atoms with E-state index in [0.717, 1.165) is 22.4 Å². The Morgan fingerprint density at radius 2 is 1.54 bits per heavy atom. The normalized spacial score (nSPS) is 12.9. The van der Waals surface area contributed by atoms with Gasteiger partial charge < -0.3 is 9.84 Å². The lowest BCUT2D eigenvalue weighted by Gasteiger charge is -2.29. The summed E-state index contributed by atoms with van der Waals surface area (Å²) < 4.78 is 5.72. The SMILES string of the molecule is COc1c(C(O)C#Cc2ccccc2)cc(C(C)(C)C)cc1C(C)(C)C. The summed E-state index contributed by atoms with van der Waals surface area (Å²) in [6, 6.07) is 13.9. The molecule has 0 spiro atoms. The highest BCUT2D eigenvalue weighted by molar-refractivity contribution is 5.52. The predicted octanol–water partition coefficient (Wildman–Crippen LogP) is 5.38. The molecule has 0 aromatic heterocycles. The van der Waals surface area contributed by atoms with Gasteiger partial charge in [0.25, 0.3) is 0 Å². The smallest absolute Gasteiger partial charge is 0.144 e. The van der Waals surface area contributed by atoms with Crippen LogP contribution in [-0.4, -0.2) is 12.2 Å². The first-order chi connectivity index (χ1) is 12.0. The fourth-order valence-electron chi connectivity index (χ4n) is 2.82. The molecule has 2 heteroatoms. The van der Waals surface area contributed by atoms with E-state index < -0.39 is 6.10 Å². The average Bonchev–Trinajstić information content (AvgIpc) is 2.57. The Labute approximate surface area is 158 Å². The summed E-state index contributed by atoms with van der Waals surface area (Å²) >= 11 is 0. The third-order valence-electron chi connectivity index (χ3n) is 4.42. The first-order valence-electron chi connectivity index (χ1n) is 9.01. The molecule has 0 saturated carbocycles. The van der Waals surface area contributed by atoms with Crippen molar-refractivity contribution < 1.29 is 9.84 Å². The van der Waals surface area contributed by atoms with Crippen LogP contribution >= 0.6 is 0 Å². The molecular formula is C24H30O2. The molecule has 2 rings (SSSR count). The average molecular weight is 351 g/mol. The molecule has 2 aromatic rings. The zero-order valence-electron chi connectivity index (χ0n) is 17.0. The van der Waals surface area contributed by atoms with Gasteiger partial charge in [0.15, 0.2) is 0 Å². The third kappa shape index (κ3) is 4.68. The summed E-state index contributed by atoms with van der Waals surface area (Å²) in [4.78, 5) is 0. The van der Waals surface area contributed by atoms with Gasteiger partial charge in [-0.15, -0.1) is 0 Å². The van der Waals surface area contributed by atoms with Crippen LogP contribution < -0.4 is 4.74 Å². The molecule has 1 unspecified atom stereocenters.